The number of ether oxygens (including phenoxy) is 3. The van der Waals surface area contributed by atoms with Gasteiger partial charge in [-0.3, -0.25) is 0 Å². The van der Waals surface area contributed by atoms with E-state index in [1.165, 1.54) is 0 Å². The van der Waals surface area contributed by atoms with Crippen LogP contribution in [0.5, 0.6) is 5.88 Å². The minimum atomic E-state index is -0.336. The third-order valence-corrected chi connectivity index (χ3v) is 2.46. The summed E-state index contributed by atoms with van der Waals surface area (Å²) < 4.78 is 15.6. The van der Waals surface area contributed by atoms with Crippen LogP contribution in [-0.2, 0) is 20.8 Å². The standard InChI is InChI=1S/C15H24N2O4/c1-4-20-14(18)11-19-9-8-16-10-13-6-5-7-17-15(13)21-12(2)3/h5-7,12,16H,4,8-11H2,1-3H3. The van der Waals surface area contributed by atoms with E-state index in [1.54, 1.807) is 13.1 Å². The number of carbonyl (C=O) groups is 1. The lowest BCUT2D eigenvalue weighted by Crippen LogP contribution is -2.22. The van der Waals surface area contributed by atoms with Crippen LogP contribution in [0.1, 0.15) is 26.3 Å². The minimum Gasteiger partial charge on any atom is -0.475 e. The number of pyridine rings is 1. The van der Waals surface area contributed by atoms with E-state index in [-0.39, 0.29) is 18.7 Å². The molecule has 0 fully saturated rings. The molecular formula is C15H24N2O4. The number of hydrogen-bond acceptors (Lipinski definition) is 6. The zero-order valence-corrected chi connectivity index (χ0v) is 12.9. The third-order valence-electron chi connectivity index (χ3n) is 2.46. The summed E-state index contributed by atoms with van der Waals surface area (Å²) in [6.45, 7) is 7.78. The van der Waals surface area contributed by atoms with Crippen LogP contribution in [0.2, 0.25) is 0 Å². The number of aromatic nitrogens is 1. The largest absolute Gasteiger partial charge is 0.475 e. The molecule has 0 saturated heterocycles. The van der Waals surface area contributed by atoms with Gasteiger partial charge in [0.25, 0.3) is 0 Å². The highest BCUT2D eigenvalue weighted by molar-refractivity contribution is 5.70. The van der Waals surface area contributed by atoms with Crippen molar-refractivity contribution < 1.29 is 19.0 Å². The number of rotatable bonds is 10. The Morgan fingerprint density at radius 1 is 1.43 bits per heavy atom. The second-order valence-electron chi connectivity index (χ2n) is 4.67. The highest BCUT2D eigenvalue weighted by atomic mass is 16.6. The van der Waals surface area contributed by atoms with Gasteiger partial charge in [-0.05, 0) is 26.8 Å². The summed E-state index contributed by atoms with van der Waals surface area (Å²) in [6.07, 6.45) is 1.80. The molecular weight excluding hydrogens is 272 g/mol. The summed E-state index contributed by atoms with van der Waals surface area (Å²) in [5, 5.41) is 3.22. The monoisotopic (exact) mass is 296 g/mol. The van der Waals surface area contributed by atoms with Gasteiger partial charge in [-0.2, -0.15) is 0 Å². The number of hydrogen-bond donors (Lipinski definition) is 1. The molecule has 1 heterocycles. The minimum absolute atomic E-state index is 0.00980. The first-order valence-corrected chi connectivity index (χ1v) is 7.18. The summed E-state index contributed by atoms with van der Waals surface area (Å²) in [5.41, 5.74) is 0.997. The quantitative estimate of drug-likeness (QED) is 0.522. The second-order valence-corrected chi connectivity index (χ2v) is 4.67. The first-order valence-electron chi connectivity index (χ1n) is 7.18. The Bertz CT molecular complexity index is 424. The van der Waals surface area contributed by atoms with E-state index in [0.717, 1.165) is 5.56 Å². The smallest absolute Gasteiger partial charge is 0.332 e. The van der Waals surface area contributed by atoms with Gasteiger partial charge in [-0.25, -0.2) is 9.78 Å². The average molecular weight is 296 g/mol. The fraction of sp³-hybridized carbons (Fsp3) is 0.600. The van der Waals surface area contributed by atoms with Gasteiger partial charge in [-0.1, -0.05) is 6.07 Å². The lowest BCUT2D eigenvalue weighted by atomic mass is 10.2. The van der Waals surface area contributed by atoms with Crippen LogP contribution in [0.3, 0.4) is 0 Å². The fourth-order valence-corrected chi connectivity index (χ4v) is 1.61. The molecule has 1 N–H and O–H groups in total. The van der Waals surface area contributed by atoms with E-state index < -0.39 is 0 Å². The van der Waals surface area contributed by atoms with E-state index in [9.17, 15) is 4.79 Å². The van der Waals surface area contributed by atoms with Crippen molar-refractivity contribution in [2.45, 2.75) is 33.4 Å². The predicted octanol–water partition coefficient (Wildman–Crippen LogP) is 1.54. The molecule has 1 aromatic rings. The molecule has 6 heteroatoms. The summed E-state index contributed by atoms with van der Waals surface area (Å²) >= 11 is 0. The maximum atomic E-state index is 11.1. The Morgan fingerprint density at radius 3 is 2.95 bits per heavy atom. The predicted molar refractivity (Wildman–Crippen MR) is 79.2 cm³/mol. The highest BCUT2D eigenvalue weighted by Crippen LogP contribution is 2.15. The first kappa shape index (κ1) is 17.4. The molecule has 0 bridgehead atoms. The van der Waals surface area contributed by atoms with E-state index in [2.05, 4.69) is 10.3 Å². The van der Waals surface area contributed by atoms with Gasteiger partial charge in [0.15, 0.2) is 0 Å². The van der Waals surface area contributed by atoms with Crippen LogP contribution < -0.4 is 10.1 Å². The number of nitrogens with one attached hydrogen (secondary N) is 1. The maximum absolute atomic E-state index is 11.1. The molecule has 0 aliphatic carbocycles. The Hall–Kier alpha value is -1.66. The molecule has 0 radical (unpaired) electrons. The fourth-order valence-electron chi connectivity index (χ4n) is 1.61. The Balaban J connectivity index is 2.22. The number of carbonyl (C=O) groups excluding carboxylic acids is 1. The molecule has 0 atom stereocenters. The van der Waals surface area contributed by atoms with Crippen molar-refractivity contribution in [1.29, 1.82) is 0 Å². The van der Waals surface area contributed by atoms with Crippen LogP contribution in [0.4, 0.5) is 0 Å². The van der Waals surface area contributed by atoms with Crippen molar-refractivity contribution in [2.24, 2.45) is 0 Å². The number of nitrogens with zero attached hydrogens (tertiary/aromatic N) is 1. The summed E-state index contributed by atoms with van der Waals surface area (Å²) in [4.78, 5) is 15.3. The molecule has 0 spiro atoms. The molecule has 0 amide bonds. The second kappa shape index (κ2) is 10.1. The van der Waals surface area contributed by atoms with E-state index in [0.29, 0.717) is 32.2 Å². The maximum Gasteiger partial charge on any atom is 0.332 e. The SMILES string of the molecule is CCOC(=O)COCCNCc1cccnc1OC(C)C. The Morgan fingerprint density at radius 2 is 2.24 bits per heavy atom. The molecule has 0 saturated carbocycles. The molecule has 0 aromatic carbocycles. The zero-order chi connectivity index (χ0) is 15.5. The van der Waals surface area contributed by atoms with Gasteiger partial charge < -0.3 is 19.5 Å². The van der Waals surface area contributed by atoms with Crippen molar-refractivity contribution in [1.82, 2.24) is 10.3 Å². The van der Waals surface area contributed by atoms with Crippen molar-refractivity contribution >= 4 is 5.97 Å². The molecule has 118 valence electrons. The van der Waals surface area contributed by atoms with E-state index in [4.69, 9.17) is 14.2 Å². The molecule has 1 aromatic heterocycles. The van der Waals surface area contributed by atoms with Gasteiger partial charge in [0.2, 0.25) is 5.88 Å². The zero-order valence-electron chi connectivity index (χ0n) is 12.9. The average Bonchev–Trinajstić information content (AvgIpc) is 2.44. The molecule has 6 nitrogen and oxygen atoms in total. The summed E-state index contributed by atoms with van der Waals surface area (Å²) in [7, 11) is 0. The molecule has 21 heavy (non-hydrogen) atoms. The molecule has 0 unspecified atom stereocenters. The van der Waals surface area contributed by atoms with Gasteiger partial charge in [0.05, 0.1) is 19.3 Å². The summed E-state index contributed by atoms with van der Waals surface area (Å²) in [6, 6.07) is 3.85. The lowest BCUT2D eigenvalue weighted by molar-refractivity contribution is -0.148. The first-order chi connectivity index (χ1) is 10.1. The highest BCUT2D eigenvalue weighted by Gasteiger charge is 2.06. The van der Waals surface area contributed by atoms with Crippen molar-refractivity contribution in [3.05, 3.63) is 23.9 Å². The molecule has 1 rings (SSSR count). The van der Waals surface area contributed by atoms with E-state index >= 15 is 0 Å². The van der Waals surface area contributed by atoms with Crippen LogP contribution in [0, 0.1) is 0 Å². The van der Waals surface area contributed by atoms with E-state index in [1.807, 2.05) is 26.0 Å². The van der Waals surface area contributed by atoms with Crippen molar-refractivity contribution in [3.63, 3.8) is 0 Å². The van der Waals surface area contributed by atoms with Crippen molar-refractivity contribution in [3.8, 4) is 5.88 Å². The topological polar surface area (TPSA) is 69.7 Å². The van der Waals surface area contributed by atoms with Crippen LogP contribution in [-0.4, -0.2) is 43.4 Å². The van der Waals surface area contributed by atoms with Crippen LogP contribution in [0.25, 0.3) is 0 Å². The number of esters is 1. The Kier molecular flexibility index (Phi) is 8.38. The van der Waals surface area contributed by atoms with Gasteiger partial charge >= 0.3 is 5.97 Å². The summed E-state index contributed by atoms with van der Waals surface area (Å²) in [5.74, 6) is 0.310. The lowest BCUT2D eigenvalue weighted by Gasteiger charge is -2.13. The van der Waals surface area contributed by atoms with Gasteiger partial charge in [0, 0.05) is 24.8 Å². The van der Waals surface area contributed by atoms with Crippen LogP contribution in [0.15, 0.2) is 18.3 Å². The third kappa shape index (κ3) is 7.63. The molecule has 0 aliphatic rings. The molecule has 0 aliphatic heterocycles. The van der Waals surface area contributed by atoms with Gasteiger partial charge in [0.1, 0.15) is 6.61 Å². The Labute approximate surface area is 125 Å². The van der Waals surface area contributed by atoms with Gasteiger partial charge in [-0.15, -0.1) is 0 Å². The van der Waals surface area contributed by atoms with Crippen molar-refractivity contribution in [2.75, 3.05) is 26.4 Å². The van der Waals surface area contributed by atoms with Crippen LogP contribution >= 0.6 is 0 Å². The normalized spacial score (nSPS) is 10.7.